The molecule has 7 heteroatoms. The molecule has 1 atom stereocenters. The van der Waals surface area contributed by atoms with Crippen molar-refractivity contribution in [2.75, 3.05) is 24.5 Å². The number of nitro groups is 1. The molecule has 0 amide bonds. The largest absolute Gasteiger partial charge is 0.350 e. The molecule has 6 nitrogen and oxygen atoms in total. The van der Waals surface area contributed by atoms with E-state index in [1.807, 2.05) is 11.8 Å². The Labute approximate surface area is 123 Å². The summed E-state index contributed by atoms with van der Waals surface area (Å²) in [4.78, 5) is 16.8. The molecule has 110 valence electrons. The first-order valence-electron chi connectivity index (χ1n) is 6.90. The third-order valence-electron chi connectivity index (χ3n) is 3.54. The highest BCUT2D eigenvalue weighted by Gasteiger charge is 2.24. The van der Waals surface area contributed by atoms with Gasteiger partial charge >= 0.3 is 5.69 Å². The summed E-state index contributed by atoms with van der Waals surface area (Å²) in [6, 6.07) is 1.72. The van der Waals surface area contributed by atoms with Gasteiger partial charge in [0, 0.05) is 31.4 Å². The fraction of sp³-hybridized carbons (Fsp3) is 0.615. The summed E-state index contributed by atoms with van der Waals surface area (Å²) in [5, 5.41) is 14.9. The van der Waals surface area contributed by atoms with Gasteiger partial charge in [0.2, 0.25) is 5.82 Å². The zero-order chi connectivity index (χ0) is 14.5. The SMILES string of the molecule is CCN(CC1CCCCN1)c1ncc(Cl)cc1[N+](=O)[O-]. The van der Waals surface area contributed by atoms with E-state index < -0.39 is 4.92 Å². The Morgan fingerprint density at radius 2 is 2.40 bits per heavy atom. The summed E-state index contributed by atoms with van der Waals surface area (Å²) in [7, 11) is 0. The van der Waals surface area contributed by atoms with E-state index in [9.17, 15) is 10.1 Å². The predicted octanol–water partition coefficient (Wildman–Crippen LogP) is 2.61. The maximum absolute atomic E-state index is 11.2. The van der Waals surface area contributed by atoms with Crippen molar-refractivity contribution < 1.29 is 4.92 Å². The molecule has 0 bridgehead atoms. The van der Waals surface area contributed by atoms with Crippen molar-refractivity contribution in [3.63, 3.8) is 0 Å². The van der Waals surface area contributed by atoms with Gasteiger partial charge in [0.1, 0.15) is 0 Å². The van der Waals surface area contributed by atoms with Crippen LogP contribution in [0.25, 0.3) is 0 Å². The molecule has 0 aromatic carbocycles. The molecule has 1 unspecified atom stereocenters. The van der Waals surface area contributed by atoms with Crippen LogP contribution in [0.2, 0.25) is 5.02 Å². The van der Waals surface area contributed by atoms with Crippen molar-refractivity contribution in [3.05, 3.63) is 27.4 Å². The molecule has 1 aliphatic heterocycles. The van der Waals surface area contributed by atoms with E-state index in [0.29, 0.717) is 18.4 Å². The number of aromatic nitrogens is 1. The van der Waals surface area contributed by atoms with Crippen molar-refractivity contribution in [3.8, 4) is 0 Å². The first-order valence-corrected chi connectivity index (χ1v) is 7.28. The van der Waals surface area contributed by atoms with Crippen LogP contribution < -0.4 is 10.2 Å². The lowest BCUT2D eigenvalue weighted by Crippen LogP contribution is -2.44. The van der Waals surface area contributed by atoms with E-state index in [4.69, 9.17) is 11.6 Å². The van der Waals surface area contributed by atoms with Crippen LogP contribution in [0, 0.1) is 10.1 Å². The highest BCUT2D eigenvalue weighted by molar-refractivity contribution is 6.30. The van der Waals surface area contributed by atoms with Gasteiger partial charge in [0.05, 0.1) is 9.95 Å². The van der Waals surface area contributed by atoms with Crippen molar-refractivity contribution in [2.45, 2.75) is 32.2 Å². The fourth-order valence-corrected chi connectivity index (χ4v) is 2.66. The zero-order valence-electron chi connectivity index (χ0n) is 11.5. The van der Waals surface area contributed by atoms with E-state index in [2.05, 4.69) is 10.3 Å². The Balaban J connectivity index is 2.19. The standard InChI is InChI=1S/C13H19ClN4O2/c1-2-17(9-11-5-3-4-6-15-11)13-12(18(19)20)7-10(14)8-16-13/h7-8,11,15H,2-6,9H2,1H3. The van der Waals surface area contributed by atoms with E-state index >= 15 is 0 Å². The first kappa shape index (κ1) is 15.0. The Morgan fingerprint density at radius 3 is 3.00 bits per heavy atom. The van der Waals surface area contributed by atoms with E-state index in [1.165, 1.54) is 25.1 Å². The molecule has 0 radical (unpaired) electrons. The van der Waals surface area contributed by atoms with Crippen LogP contribution in [0.4, 0.5) is 11.5 Å². The van der Waals surface area contributed by atoms with Gasteiger partial charge < -0.3 is 10.2 Å². The third kappa shape index (κ3) is 3.58. The summed E-state index contributed by atoms with van der Waals surface area (Å²) in [6.07, 6.45) is 4.95. The van der Waals surface area contributed by atoms with E-state index in [-0.39, 0.29) is 10.7 Å². The molecular formula is C13H19ClN4O2. The number of anilines is 1. The van der Waals surface area contributed by atoms with Gasteiger partial charge in [-0.3, -0.25) is 10.1 Å². The second kappa shape index (κ2) is 6.85. The Hall–Kier alpha value is -1.40. The number of piperidine rings is 1. The molecule has 20 heavy (non-hydrogen) atoms. The zero-order valence-corrected chi connectivity index (χ0v) is 12.3. The van der Waals surface area contributed by atoms with Crippen molar-refractivity contribution in [1.29, 1.82) is 0 Å². The summed E-state index contributed by atoms with van der Waals surface area (Å²) >= 11 is 5.80. The van der Waals surface area contributed by atoms with Crippen LogP contribution in [0.15, 0.2) is 12.3 Å². The highest BCUT2D eigenvalue weighted by Crippen LogP contribution is 2.28. The minimum Gasteiger partial charge on any atom is -0.350 e. The summed E-state index contributed by atoms with van der Waals surface area (Å²) in [5.74, 6) is 0.397. The summed E-state index contributed by atoms with van der Waals surface area (Å²) in [5.41, 5.74) is -0.0323. The number of likely N-dealkylation sites (N-methyl/N-ethyl adjacent to an activating group) is 1. The van der Waals surface area contributed by atoms with Crippen LogP contribution in [0.3, 0.4) is 0 Å². The summed E-state index contributed by atoms with van der Waals surface area (Å²) < 4.78 is 0. The molecule has 0 saturated carbocycles. The molecule has 2 rings (SSSR count). The van der Waals surface area contributed by atoms with E-state index in [0.717, 1.165) is 19.5 Å². The molecule has 1 saturated heterocycles. The highest BCUT2D eigenvalue weighted by atomic mass is 35.5. The second-order valence-electron chi connectivity index (χ2n) is 4.94. The Morgan fingerprint density at radius 1 is 1.60 bits per heavy atom. The van der Waals surface area contributed by atoms with Gasteiger partial charge in [-0.15, -0.1) is 0 Å². The number of halogens is 1. The minimum atomic E-state index is -0.425. The number of nitrogens with zero attached hydrogens (tertiary/aromatic N) is 3. The molecule has 1 N–H and O–H groups in total. The second-order valence-corrected chi connectivity index (χ2v) is 5.38. The number of nitrogens with one attached hydrogen (secondary N) is 1. The molecule has 1 aromatic heterocycles. The smallest absolute Gasteiger partial charge is 0.313 e. The topological polar surface area (TPSA) is 71.3 Å². The Bertz CT molecular complexity index is 477. The normalized spacial score (nSPS) is 18.8. The van der Waals surface area contributed by atoms with Crippen LogP contribution in [0.5, 0.6) is 0 Å². The number of hydrogen-bond donors (Lipinski definition) is 1. The maximum Gasteiger partial charge on any atom is 0.313 e. The third-order valence-corrected chi connectivity index (χ3v) is 3.75. The van der Waals surface area contributed by atoms with Crippen molar-refractivity contribution in [1.82, 2.24) is 10.3 Å². The lowest BCUT2D eigenvalue weighted by atomic mass is 10.0. The molecular weight excluding hydrogens is 280 g/mol. The van der Waals surface area contributed by atoms with Gasteiger partial charge in [-0.05, 0) is 26.3 Å². The Kier molecular flexibility index (Phi) is 5.14. The predicted molar refractivity (Wildman–Crippen MR) is 79.4 cm³/mol. The van der Waals surface area contributed by atoms with Crippen LogP contribution in [-0.4, -0.2) is 35.6 Å². The van der Waals surface area contributed by atoms with Gasteiger partial charge in [0.15, 0.2) is 0 Å². The quantitative estimate of drug-likeness (QED) is 0.668. The molecule has 0 spiro atoms. The lowest BCUT2D eigenvalue weighted by molar-refractivity contribution is -0.384. The average Bonchev–Trinajstić information content (AvgIpc) is 2.46. The molecule has 0 aliphatic carbocycles. The van der Waals surface area contributed by atoms with Gasteiger partial charge in [-0.1, -0.05) is 18.0 Å². The van der Waals surface area contributed by atoms with Gasteiger partial charge in [-0.25, -0.2) is 4.98 Å². The van der Waals surface area contributed by atoms with Gasteiger partial charge in [0.25, 0.3) is 0 Å². The molecule has 1 aromatic rings. The number of rotatable bonds is 5. The maximum atomic E-state index is 11.2. The monoisotopic (exact) mass is 298 g/mol. The first-order chi connectivity index (χ1) is 9.61. The van der Waals surface area contributed by atoms with Crippen LogP contribution >= 0.6 is 11.6 Å². The molecule has 1 aliphatic rings. The molecule has 2 heterocycles. The van der Waals surface area contributed by atoms with Crippen molar-refractivity contribution >= 4 is 23.1 Å². The van der Waals surface area contributed by atoms with Crippen LogP contribution in [0.1, 0.15) is 26.2 Å². The average molecular weight is 299 g/mol. The van der Waals surface area contributed by atoms with Gasteiger partial charge in [-0.2, -0.15) is 0 Å². The number of pyridine rings is 1. The fourth-order valence-electron chi connectivity index (χ4n) is 2.51. The molecule has 1 fully saturated rings. The number of hydrogen-bond acceptors (Lipinski definition) is 5. The van der Waals surface area contributed by atoms with Crippen LogP contribution in [-0.2, 0) is 0 Å². The van der Waals surface area contributed by atoms with Crippen molar-refractivity contribution in [2.24, 2.45) is 0 Å². The van der Waals surface area contributed by atoms with E-state index in [1.54, 1.807) is 0 Å². The minimum absolute atomic E-state index is 0.0323. The lowest BCUT2D eigenvalue weighted by Gasteiger charge is -2.30. The summed E-state index contributed by atoms with van der Waals surface area (Å²) in [6.45, 7) is 4.39.